The number of hydrogen-bond acceptors (Lipinski definition) is 2. The first kappa shape index (κ1) is 13.3. The van der Waals surface area contributed by atoms with Gasteiger partial charge < -0.3 is 4.90 Å². The molecular formula is C20H17NOS. The zero-order valence-electron chi connectivity index (χ0n) is 12.8. The highest BCUT2D eigenvalue weighted by molar-refractivity contribution is 7.19. The van der Waals surface area contributed by atoms with Gasteiger partial charge in [-0.15, -0.1) is 11.3 Å². The lowest BCUT2D eigenvalue weighted by Crippen LogP contribution is -2.49. The Morgan fingerprint density at radius 1 is 1.00 bits per heavy atom. The summed E-state index contributed by atoms with van der Waals surface area (Å²) in [5, 5.41) is 1.27. The van der Waals surface area contributed by atoms with Crippen LogP contribution in [0.3, 0.4) is 0 Å². The van der Waals surface area contributed by atoms with Crippen molar-refractivity contribution in [3.05, 3.63) is 70.6 Å². The fourth-order valence-corrected chi connectivity index (χ4v) is 5.86. The summed E-state index contributed by atoms with van der Waals surface area (Å²) in [5.41, 5.74) is 2.28. The first-order valence-corrected chi connectivity index (χ1v) is 8.99. The second kappa shape index (κ2) is 4.68. The van der Waals surface area contributed by atoms with E-state index in [-0.39, 0.29) is 11.4 Å². The van der Waals surface area contributed by atoms with E-state index < -0.39 is 0 Å². The summed E-state index contributed by atoms with van der Waals surface area (Å²) in [5.74, 6) is 0.280. The zero-order chi connectivity index (χ0) is 15.4. The van der Waals surface area contributed by atoms with Crippen LogP contribution in [0, 0.1) is 0 Å². The van der Waals surface area contributed by atoms with E-state index in [1.807, 2.05) is 11.3 Å². The highest BCUT2D eigenvalue weighted by Crippen LogP contribution is 2.53. The topological polar surface area (TPSA) is 20.3 Å². The third-order valence-electron chi connectivity index (χ3n) is 5.34. The molecule has 1 amide bonds. The van der Waals surface area contributed by atoms with Crippen LogP contribution in [0.15, 0.2) is 54.6 Å². The summed E-state index contributed by atoms with van der Waals surface area (Å²) in [6, 6.07) is 19.1. The van der Waals surface area contributed by atoms with E-state index in [1.165, 1.54) is 26.1 Å². The van der Waals surface area contributed by atoms with Crippen molar-refractivity contribution in [2.75, 3.05) is 6.54 Å². The number of nitrogens with zero attached hydrogens (tertiary/aromatic N) is 1. The SMILES string of the molecule is O=C1Cc2c(sc3ccccc23)C2(c3ccccc3)CCCN12. The largest absolute Gasteiger partial charge is 0.328 e. The van der Waals surface area contributed by atoms with Crippen molar-refractivity contribution in [3.63, 3.8) is 0 Å². The molecule has 2 aromatic carbocycles. The van der Waals surface area contributed by atoms with Gasteiger partial charge in [-0.25, -0.2) is 0 Å². The molecule has 23 heavy (non-hydrogen) atoms. The number of benzene rings is 2. The molecule has 1 atom stereocenters. The van der Waals surface area contributed by atoms with Gasteiger partial charge in [-0.3, -0.25) is 4.79 Å². The van der Waals surface area contributed by atoms with Crippen molar-refractivity contribution in [1.82, 2.24) is 4.90 Å². The van der Waals surface area contributed by atoms with E-state index >= 15 is 0 Å². The van der Waals surface area contributed by atoms with Crippen molar-refractivity contribution in [1.29, 1.82) is 0 Å². The summed E-state index contributed by atoms with van der Waals surface area (Å²) in [6.45, 7) is 0.876. The monoisotopic (exact) mass is 319 g/mol. The maximum Gasteiger partial charge on any atom is 0.228 e. The molecule has 0 bridgehead atoms. The minimum Gasteiger partial charge on any atom is -0.328 e. The molecule has 2 aliphatic heterocycles. The van der Waals surface area contributed by atoms with Gasteiger partial charge >= 0.3 is 0 Å². The fraction of sp³-hybridized carbons (Fsp3) is 0.250. The first-order chi connectivity index (χ1) is 11.3. The lowest BCUT2D eigenvalue weighted by molar-refractivity contribution is -0.134. The van der Waals surface area contributed by atoms with Crippen LogP contribution in [-0.4, -0.2) is 17.4 Å². The van der Waals surface area contributed by atoms with Crippen LogP contribution in [0.1, 0.15) is 28.8 Å². The van der Waals surface area contributed by atoms with Gasteiger partial charge in [0.2, 0.25) is 5.91 Å². The lowest BCUT2D eigenvalue weighted by Gasteiger charge is -2.42. The molecule has 0 aliphatic carbocycles. The smallest absolute Gasteiger partial charge is 0.228 e. The first-order valence-electron chi connectivity index (χ1n) is 8.17. The second-order valence-corrected chi connectivity index (χ2v) is 7.51. The van der Waals surface area contributed by atoms with Crippen molar-refractivity contribution < 1.29 is 4.79 Å². The third kappa shape index (κ3) is 1.66. The molecule has 0 radical (unpaired) electrons. The van der Waals surface area contributed by atoms with Gasteiger partial charge in [-0.1, -0.05) is 48.5 Å². The molecule has 1 unspecified atom stereocenters. The van der Waals surface area contributed by atoms with Gasteiger partial charge in [0.05, 0.1) is 6.42 Å². The minimum atomic E-state index is -0.240. The molecule has 3 heteroatoms. The summed E-state index contributed by atoms with van der Waals surface area (Å²) < 4.78 is 1.30. The van der Waals surface area contributed by atoms with Gasteiger partial charge in [0.25, 0.3) is 0 Å². The highest BCUT2D eigenvalue weighted by Gasteiger charge is 2.51. The highest BCUT2D eigenvalue weighted by atomic mass is 32.1. The summed E-state index contributed by atoms with van der Waals surface area (Å²) in [7, 11) is 0. The van der Waals surface area contributed by atoms with Crippen molar-refractivity contribution in [3.8, 4) is 0 Å². The maximum absolute atomic E-state index is 12.9. The number of carbonyl (C=O) groups is 1. The van der Waals surface area contributed by atoms with Crippen LogP contribution in [0.5, 0.6) is 0 Å². The zero-order valence-corrected chi connectivity index (χ0v) is 13.6. The Labute approximate surface area is 139 Å². The minimum absolute atomic E-state index is 0.240. The Bertz CT molecular complexity index is 914. The molecule has 5 rings (SSSR count). The number of hydrogen-bond donors (Lipinski definition) is 0. The summed E-state index contributed by atoms with van der Waals surface area (Å²) in [6.07, 6.45) is 2.66. The molecule has 2 aliphatic rings. The second-order valence-electron chi connectivity index (χ2n) is 6.46. The number of carbonyl (C=O) groups excluding carboxylic acids is 1. The molecule has 1 aromatic heterocycles. The van der Waals surface area contributed by atoms with E-state index in [9.17, 15) is 4.79 Å². The van der Waals surface area contributed by atoms with Crippen LogP contribution in [-0.2, 0) is 16.8 Å². The predicted octanol–water partition coefficient (Wildman–Crippen LogP) is 4.32. The molecule has 114 valence electrons. The predicted molar refractivity (Wildman–Crippen MR) is 93.7 cm³/mol. The van der Waals surface area contributed by atoms with Gasteiger partial charge in [0.1, 0.15) is 5.54 Å². The Kier molecular flexibility index (Phi) is 2.71. The Balaban J connectivity index is 1.87. The molecular weight excluding hydrogens is 302 g/mol. The molecule has 3 aromatic rings. The fourth-order valence-electron chi connectivity index (χ4n) is 4.39. The molecule has 3 heterocycles. The molecule has 1 fully saturated rings. The normalized spacial score (nSPS) is 23.1. The standard InChI is InChI=1S/C20H17NOS/c22-18-13-16-15-9-4-5-10-17(15)23-19(16)20(11-6-12-21(18)20)14-7-2-1-3-8-14/h1-5,7-10H,6,11-13H2. The number of thiophene rings is 1. The van der Waals surface area contributed by atoms with Crippen LogP contribution in [0.4, 0.5) is 0 Å². The number of amides is 1. The van der Waals surface area contributed by atoms with Gasteiger partial charge in [-0.2, -0.15) is 0 Å². The summed E-state index contributed by atoms with van der Waals surface area (Å²) in [4.78, 5) is 16.4. The summed E-state index contributed by atoms with van der Waals surface area (Å²) >= 11 is 1.88. The average Bonchev–Trinajstić information content (AvgIpc) is 3.19. The number of fused-ring (bicyclic) bond motifs is 5. The van der Waals surface area contributed by atoms with Crippen molar-refractivity contribution in [2.24, 2.45) is 0 Å². The van der Waals surface area contributed by atoms with Gasteiger partial charge in [0.15, 0.2) is 0 Å². The van der Waals surface area contributed by atoms with Crippen LogP contribution in [0.2, 0.25) is 0 Å². The van der Waals surface area contributed by atoms with Gasteiger partial charge in [-0.05, 0) is 35.4 Å². The van der Waals surface area contributed by atoms with E-state index in [2.05, 4.69) is 59.5 Å². The van der Waals surface area contributed by atoms with Crippen molar-refractivity contribution >= 4 is 27.3 Å². The van der Waals surface area contributed by atoms with Crippen LogP contribution < -0.4 is 0 Å². The average molecular weight is 319 g/mol. The molecule has 0 saturated carbocycles. The maximum atomic E-state index is 12.9. The molecule has 0 spiro atoms. The Morgan fingerprint density at radius 2 is 1.78 bits per heavy atom. The molecule has 1 saturated heterocycles. The van der Waals surface area contributed by atoms with E-state index in [0.29, 0.717) is 6.42 Å². The Morgan fingerprint density at radius 3 is 2.65 bits per heavy atom. The van der Waals surface area contributed by atoms with Crippen molar-refractivity contribution in [2.45, 2.75) is 24.8 Å². The third-order valence-corrected chi connectivity index (χ3v) is 6.70. The number of rotatable bonds is 1. The Hall–Kier alpha value is -2.13. The lowest BCUT2D eigenvalue weighted by atomic mass is 9.80. The van der Waals surface area contributed by atoms with Crippen LogP contribution in [0.25, 0.3) is 10.1 Å². The van der Waals surface area contributed by atoms with E-state index in [0.717, 1.165) is 19.4 Å². The van der Waals surface area contributed by atoms with E-state index in [1.54, 1.807) is 0 Å². The van der Waals surface area contributed by atoms with Gasteiger partial charge in [0, 0.05) is 16.1 Å². The molecule has 2 nitrogen and oxygen atoms in total. The van der Waals surface area contributed by atoms with E-state index in [4.69, 9.17) is 0 Å². The quantitative estimate of drug-likeness (QED) is 0.654. The van der Waals surface area contributed by atoms with Crippen LogP contribution >= 0.6 is 11.3 Å². The molecule has 0 N–H and O–H groups in total.